The highest BCUT2D eigenvalue weighted by molar-refractivity contribution is 5.61. The number of furan rings is 1. The lowest BCUT2D eigenvalue weighted by Crippen LogP contribution is -2.29. The molecular formula is C25H28O4. The van der Waals surface area contributed by atoms with E-state index >= 15 is 0 Å². The van der Waals surface area contributed by atoms with Crippen molar-refractivity contribution in [2.24, 2.45) is 0 Å². The molecule has 0 saturated carbocycles. The third-order valence-corrected chi connectivity index (χ3v) is 4.70. The SMILES string of the molecule is Cc1ccc(-c2cc(CCCOc3ccc(OC(C)(C)C=O)cc3)c(C)o2)cc1. The summed E-state index contributed by atoms with van der Waals surface area (Å²) in [6.07, 6.45) is 2.58. The Morgan fingerprint density at radius 2 is 1.62 bits per heavy atom. The molecule has 3 aromatic rings. The number of carbonyl (C=O) groups excluding carboxylic acids is 1. The van der Waals surface area contributed by atoms with Crippen LogP contribution in [0.1, 0.15) is 37.2 Å². The summed E-state index contributed by atoms with van der Waals surface area (Å²) in [5.74, 6) is 3.30. The molecule has 0 aliphatic heterocycles. The fourth-order valence-corrected chi connectivity index (χ4v) is 3.01. The molecule has 29 heavy (non-hydrogen) atoms. The monoisotopic (exact) mass is 392 g/mol. The molecule has 0 radical (unpaired) electrons. The van der Waals surface area contributed by atoms with Gasteiger partial charge in [0.2, 0.25) is 0 Å². The molecule has 0 aliphatic rings. The molecule has 2 aromatic carbocycles. The highest BCUT2D eigenvalue weighted by atomic mass is 16.5. The van der Waals surface area contributed by atoms with E-state index in [1.807, 2.05) is 31.2 Å². The molecule has 4 heteroatoms. The zero-order chi connectivity index (χ0) is 20.9. The highest BCUT2D eigenvalue weighted by Crippen LogP contribution is 2.27. The first-order valence-corrected chi connectivity index (χ1v) is 9.91. The van der Waals surface area contributed by atoms with Gasteiger partial charge in [-0.3, -0.25) is 4.79 Å². The topological polar surface area (TPSA) is 48.7 Å². The molecule has 0 N–H and O–H groups in total. The predicted octanol–water partition coefficient (Wildman–Crippen LogP) is 5.93. The average molecular weight is 392 g/mol. The minimum absolute atomic E-state index is 0.616. The van der Waals surface area contributed by atoms with Gasteiger partial charge in [0.15, 0.2) is 11.9 Å². The first-order valence-electron chi connectivity index (χ1n) is 9.91. The zero-order valence-corrected chi connectivity index (χ0v) is 17.5. The normalized spacial score (nSPS) is 11.3. The summed E-state index contributed by atoms with van der Waals surface area (Å²) < 4.78 is 17.4. The molecule has 1 aromatic heterocycles. The second-order valence-corrected chi connectivity index (χ2v) is 7.80. The van der Waals surface area contributed by atoms with Gasteiger partial charge in [0, 0.05) is 5.56 Å². The summed E-state index contributed by atoms with van der Waals surface area (Å²) in [5, 5.41) is 0. The van der Waals surface area contributed by atoms with Gasteiger partial charge >= 0.3 is 0 Å². The van der Waals surface area contributed by atoms with Crippen LogP contribution in [0.3, 0.4) is 0 Å². The molecule has 0 bridgehead atoms. The van der Waals surface area contributed by atoms with E-state index in [0.717, 1.165) is 42.0 Å². The number of benzene rings is 2. The van der Waals surface area contributed by atoms with E-state index in [-0.39, 0.29) is 0 Å². The Morgan fingerprint density at radius 1 is 0.966 bits per heavy atom. The largest absolute Gasteiger partial charge is 0.494 e. The number of hydrogen-bond donors (Lipinski definition) is 0. The molecular weight excluding hydrogens is 364 g/mol. The fourth-order valence-electron chi connectivity index (χ4n) is 3.01. The maximum atomic E-state index is 11.0. The van der Waals surface area contributed by atoms with Gasteiger partial charge in [0.25, 0.3) is 0 Å². The Balaban J connectivity index is 1.49. The average Bonchev–Trinajstić information content (AvgIpc) is 3.07. The van der Waals surface area contributed by atoms with Crippen LogP contribution in [0.5, 0.6) is 11.5 Å². The minimum atomic E-state index is -0.831. The van der Waals surface area contributed by atoms with Crippen molar-refractivity contribution in [1.82, 2.24) is 0 Å². The van der Waals surface area contributed by atoms with Gasteiger partial charge in [0.1, 0.15) is 23.0 Å². The first-order chi connectivity index (χ1) is 13.9. The van der Waals surface area contributed by atoms with Crippen LogP contribution in [0.15, 0.2) is 59.0 Å². The summed E-state index contributed by atoms with van der Waals surface area (Å²) in [6.45, 7) is 8.16. The summed E-state index contributed by atoms with van der Waals surface area (Å²) >= 11 is 0. The second-order valence-electron chi connectivity index (χ2n) is 7.80. The van der Waals surface area contributed by atoms with Crippen LogP contribution in [0.4, 0.5) is 0 Å². The maximum Gasteiger partial charge on any atom is 0.162 e. The Kier molecular flexibility index (Phi) is 6.42. The third kappa shape index (κ3) is 5.74. The molecule has 0 saturated heterocycles. The summed E-state index contributed by atoms with van der Waals surface area (Å²) in [7, 11) is 0. The van der Waals surface area contributed by atoms with Crippen molar-refractivity contribution >= 4 is 6.29 Å². The smallest absolute Gasteiger partial charge is 0.162 e. The van der Waals surface area contributed by atoms with Gasteiger partial charge in [-0.05, 0) is 76.4 Å². The van der Waals surface area contributed by atoms with Crippen LogP contribution in [0.25, 0.3) is 11.3 Å². The Bertz CT molecular complexity index is 934. The van der Waals surface area contributed by atoms with Crippen molar-refractivity contribution < 1.29 is 18.7 Å². The molecule has 1 heterocycles. The van der Waals surface area contributed by atoms with Crippen molar-refractivity contribution in [3.05, 3.63) is 71.5 Å². The first kappa shape index (κ1) is 20.7. The summed E-state index contributed by atoms with van der Waals surface area (Å²) in [6, 6.07) is 17.8. The van der Waals surface area contributed by atoms with Gasteiger partial charge in [-0.2, -0.15) is 0 Å². The number of aldehydes is 1. The van der Waals surface area contributed by atoms with E-state index < -0.39 is 5.60 Å². The van der Waals surface area contributed by atoms with Crippen molar-refractivity contribution in [2.45, 2.75) is 46.1 Å². The molecule has 4 nitrogen and oxygen atoms in total. The van der Waals surface area contributed by atoms with Crippen molar-refractivity contribution in [3.63, 3.8) is 0 Å². The number of aryl methyl sites for hydroxylation is 3. The second kappa shape index (κ2) is 8.99. The van der Waals surface area contributed by atoms with Crippen molar-refractivity contribution in [2.75, 3.05) is 6.61 Å². The van der Waals surface area contributed by atoms with Gasteiger partial charge in [0.05, 0.1) is 6.61 Å². The molecule has 0 spiro atoms. The summed E-state index contributed by atoms with van der Waals surface area (Å²) in [4.78, 5) is 11.0. The molecule has 0 amide bonds. The molecule has 0 fully saturated rings. The Labute approximate surface area is 172 Å². The minimum Gasteiger partial charge on any atom is -0.494 e. The quantitative estimate of drug-likeness (QED) is 0.334. The Hall–Kier alpha value is -3.01. The highest BCUT2D eigenvalue weighted by Gasteiger charge is 2.18. The zero-order valence-electron chi connectivity index (χ0n) is 17.5. The van der Waals surface area contributed by atoms with E-state index in [0.29, 0.717) is 12.4 Å². The lowest BCUT2D eigenvalue weighted by molar-refractivity contribution is -0.118. The summed E-state index contributed by atoms with van der Waals surface area (Å²) in [5.41, 5.74) is 2.72. The van der Waals surface area contributed by atoms with Gasteiger partial charge in [-0.25, -0.2) is 0 Å². The van der Waals surface area contributed by atoms with E-state index in [1.165, 1.54) is 11.1 Å². The lowest BCUT2D eigenvalue weighted by atomic mass is 10.1. The number of rotatable bonds is 9. The molecule has 0 atom stereocenters. The van der Waals surface area contributed by atoms with Crippen LogP contribution in [0.2, 0.25) is 0 Å². The van der Waals surface area contributed by atoms with Crippen LogP contribution in [0, 0.1) is 13.8 Å². The van der Waals surface area contributed by atoms with Gasteiger partial charge in [-0.1, -0.05) is 29.8 Å². The lowest BCUT2D eigenvalue weighted by Gasteiger charge is -2.19. The number of ether oxygens (including phenoxy) is 2. The van der Waals surface area contributed by atoms with Crippen molar-refractivity contribution in [3.8, 4) is 22.8 Å². The van der Waals surface area contributed by atoms with Crippen LogP contribution >= 0.6 is 0 Å². The molecule has 3 rings (SSSR count). The standard InChI is InChI=1S/C25H28O4/c1-18-7-9-20(10-8-18)24-16-21(19(2)28-24)6-5-15-27-22-11-13-23(14-12-22)29-25(3,4)17-26/h7-14,16-17H,5-6,15H2,1-4H3. The number of hydrogen-bond acceptors (Lipinski definition) is 4. The van der Waals surface area contributed by atoms with E-state index in [1.54, 1.807) is 13.8 Å². The molecule has 0 aliphatic carbocycles. The third-order valence-electron chi connectivity index (χ3n) is 4.70. The van der Waals surface area contributed by atoms with E-state index in [4.69, 9.17) is 13.9 Å². The number of carbonyl (C=O) groups is 1. The maximum absolute atomic E-state index is 11.0. The molecule has 152 valence electrons. The van der Waals surface area contributed by atoms with E-state index in [9.17, 15) is 4.79 Å². The van der Waals surface area contributed by atoms with Crippen LogP contribution in [-0.4, -0.2) is 18.5 Å². The Morgan fingerprint density at radius 3 is 2.28 bits per heavy atom. The van der Waals surface area contributed by atoms with E-state index in [2.05, 4.69) is 37.3 Å². The van der Waals surface area contributed by atoms with Crippen LogP contribution in [-0.2, 0) is 11.2 Å². The fraction of sp³-hybridized carbons (Fsp3) is 0.320. The predicted molar refractivity (Wildman–Crippen MR) is 115 cm³/mol. The van der Waals surface area contributed by atoms with Crippen LogP contribution < -0.4 is 9.47 Å². The molecule has 0 unspecified atom stereocenters. The van der Waals surface area contributed by atoms with Gasteiger partial charge in [-0.15, -0.1) is 0 Å². The van der Waals surface area contributed by atoms with Gasteiger partial charge < -0.3 is 13.9 Å². The van der Waals surface area contributed by atoms with Crippen molar-refractivity contribution in [1.29, 1.82) is 0 Å².